The summed E-state index contributed by atoms with van der Waals surface area (Å²) in [7, 11) is 3.38. The molecular formula is C19H16F3N5O. The fraction of sp³-hybridized carbons (Fsp3) is 0.158. The summed E-state index contributed by atoms with van der Waals surface area (Å²) < 4.78 is 40.5. The Morgan fingerprint density at radius 3 is 2.43 bits per heavy atom. The number of alkyl halides is 3. The van der Waals surface area contributed by atoms with Crippen molar-refractivity contribution >= 4 is 11.4 Å². The van der Waals surface area contributed by atoms with E-state index in [2.05, 4.69) is 15.5 Å². The van der Waals surface area contributed by atoms with Crippen LogP contribution in [0.15, 0.2) is 60.8 Å². The number of aromatic nitrogens is 4. The second-order valence-corrected chi connectivity index (χ2v) is 6.16. The molecule has 1 aromatic heterocycles. The molecule has 0 aliphatic heterocycles. The fourth-order valence-electron chi connectivity index (χ4n) is 2.57. The van der Waals surface area contributed by atoms with Crippen LogP contribution in [-0.4, -0.2) is 45.0 Å². The Morgan fingerprint density at radius 2 is 1.79 bits per heavy atom. The van der Waals surface area contributed by atoms with Crippen molar-refractivity contribution in [2.24, 2.45) is 0 Å². The SMILES string of the molecule is CN(C)C=C(C(=O)c1cccc(C(F)(F)F)c1)c1nnnn1-c1ccccc1. The van der Waals surface area contributed by atoms with Gasteiger partial charge in [0.15, 0.2) is 11.6 Å². The number of benzene rings is 2. The molecule has 0 bridgehead atoms. The molecule has 0 N–H and O–H groups in total. The van der Waals surface area contributed by atoms with Gasteiger partial charge in [-0.3, -0.25) is 4.79 Å². The molecule has 0 saturated heterocycles. The van der Waals surface area contributed by atoms with Crippen molar-refractivity contribution in [1.29, 1.82) is 0 Å². The van der Waals surface area contributed by atoms with Gasteiger partial charge in [0.05, 0.1) is 16.8 Å². The van der Waals surface area contributed by atoms with Gasteiger partial charge in [0.2, 0.25) is 0 Å². The van der Waals surface area contributed by atoms with Gasteiger partial charge < -0.3 is 4.90 Å². The van der Waals surface area contributed by atoms with E-state index >= 15 is 0 Å². The molecule has 6 nitrogen and oxygen atoms in total. The highest BCUT2D eigenvalue weighted by molar-refractivity contribution is 6.28. The monoisotopic (exact) mass is 387 g/mol. The number of Topliss-reactive ketones (excluding diaryl/α,β-unsaturated/α-hetero) is 1. The van der Waals surface area contributed by atoms with Gasteiger partial charge >= 0.3 is 6.18 Å². The predicted molar refractivity (Wildman–Crippen MR) is 96.6 cm³/mol. The van der Waals surface area contributed by atoms with E-state index in [1.54, 1.807) is 43.3 Å². The molecule has 0 saturated carbocycles. The van der Waals surface area contributed by atoms with E-state index in [1.807, 2.05) is 6.07 Å². The molecule has 0 amide bonds. The lowest BCUT2D eigenvalue weighted by Crippen LogP contribution is -2.14. The molecule has 144 valence electrons. The van der Waals surface area contributed by atoms with Crippen LogP contribution in [0.25, 0.3) is 11.3 Å². The first-order valence-corrected chi connectivity index (χ1v) is 8.22. The molecule has 0 aliphatic rings. The second kappa shape index (κ2) is 7.63. The summed E-state index contributed by atoms with van der Waals surface area (Å²) in [5, 5.41) is 11.5. The molecule has 3 aromatic rings. The van der Waals surface area contributed by atoms with Crippen molar-refractivity contribution in [2.45, 2.75) is 6.18 Å². The number of rotatable bonds is 5. The first-order chi connectivity index (χ1) is 13.3. The van der Waals surface area contributed by atoms with Gasteiger partial charge in [-0.15, -0.1) is 5.10 Å². The first-order valence-electron chi connectivity index (χ1n) is 8.22. The number of carbonyl (C=O) groups is 1. The average molecular weight is 387 g/mol. The molecular weight excluding hydrogens is 371 g/mol. The number of hydrogen-bond donors (Lipinski definition) is 0. The van der Waals surface area contributed by atoms with Gasteiger partial charge in [-0.05, 0) is 34.7 Å². The smallest absolute Gasteiger partial charge is 0.383 e. The summed E-state index contributed by atoms with van der Waals surface area (Å²) >= 11 is 0. The summed E-state index contributed by atoms with van der Waals surface area (Å²) in [6, 6.07) is 13.2. The van der Waals surface area contributed by atoms with Crippen LogP contribution in [0.2, 0.25) is 0 Å². The van der Waals surface area contributed by atoms with Crippen LogP contribution in [-0.2, 0) is 6.18 Å². The topological polar surface area (TPSA) is 63.9 Å². The van der Waals surface area contributed by atoms with Crippen LogP contribution in [0.1, 0.15) is 21.7 Å². The lowest BCUT2D eigenvalue weighted by atomic mass is 10.0. The highest BCUT2D eigenvalue weighted by Gasteiger charge is 2.31. The average Bonchev–Trinajstić information content (AvgIpc) is 3.15. The number of ketones is 1. The zero-order valence-electron chi connectivity index (χ0n) is 15.1. The number of allylic oxidation sites excluding steroid dienone is 1. The largest absolute Gasteiger partial charge is 0.416 e. The normalized spacial score (nSPS) is 12.1. The third-order valence-corrected chi connectivity index (χ3v) is 3.80. The van der Waals surface area contributed by atoms with Crippen molar-refractivity contribution in [2.75, 3.05) is 14.1 Å². The number of carbonyl (C=O) groups excluding carboxylic acids is 1. The molecule has 0 spiro atoms. The van der Waals surface area contributed by atoms with E-state index in [9.17, 15) is 18.0 Å². The predicted octanol–water partition coefficient (Wildman–Crippen LogP) is 3.47. The van der Waals surface area contributed by atoms with Crippen molar-refractivity contribution in [3.8, 4) is 5.69 Å². The third-order valence-electron chi connectivity index (χ3n) is 3.80. The maximum atomic E-state index is 13.1. The van der Waals surface area contributed by atoms with Crippen molar-refractivity contribution < 1.29 is 18.0 Å². The lowest BCUT2D eigenvalue weighted by molar-refractivity contribution is -0.137. The van der Waals surface area contributed by atoms with E-state index in [4.69, 9.17) is 0 Å². The molecule has 0 radical (unpaired) electrons. The van der Waals surface area contributed by atoms with E-state index in [0.29, 0.717) is 5.69 Å². The standard InChI is InChI=1S/C19H16F3N5O/c1-26(2)12-16(17(28)13-7-6-8-14(11-13)19(20,21)22)18-23-24-25-27(18)15-9-4-3-5-10-15/h3-12H,1-2H3. The Kier molecular flexibility index (Phi) is 5.25. The number of tetrazole rings is 1. The van der Waals surface area contributed by atoms with Crippen LogP contribution < -0.4 is 0 Å². The molecule has 0 fully saturated rings. The maximum Gasteiger partial charge on any atom is 0.416 e. The van der Waals surface area contributed by atoms with Gasteiger partial charge in [0.25, 0.3) is 0 Å². The highest BCUT2D eigenvalue weighted by atomic mass is 19.4. The molecule has 1 heterocycles. The Labute approximate surface area is 158 Å². The Bertz CT molecular complexity index is 1010. The number of halogens is 3. The van der Waals surface area contributed by atoms with Gasteiger partial charge in [-0.1, -0.05) is 30.3 Å². The summed E-state index contributed by atoms with van der Waals surface area (Å²) in [5.41, 5.74) is -0.321. The fourth-order valence-corrected chi connectivity index (χ4v) is 2.57. The Balaban J connectivity index is 2.09. The first kappa shape index (κ1) is 19.3. The molecule has 9 heteroatoms. The van der Waals surface area contributed by atoms with Crippen molar-refractivity contribution in [1.82, 2.24) is 25.1 Å². The number of para-hydroxylation sites is 1. The zero-order chi connectivity index (χ0) is 20.3. The van der Waals surface area contributed by atoms with Gasteiger partial charge in [-0.25, -0.2) is 0 Å². The summed E-state index contributed by atoms with van der Waals surface area (Å²) in [4.78, 5) is 14.7. The van der Waals surface area contributed by atoms with E-state index in [0.717, 1.165) is 12.1 Å². The Hall–Kier alpha value is -3.49. The van der Waals surface area contributed by atoms with Gasteiger partial charge in [-0.2, -0.15) is 17.9 Å². The number of hydrogen-bond acceptors (Lipinski definition) is 5. The van der Waals surface area contributed by atoms with E-state index in [1.165, 1.54) is 23.0 Å². The van der Waals surface area contributed by atoms with Gasteiger partial charge in [0, 0.05) is 25.9 Å². The number of nitrogens with zero attached hydrogens (tertiary/aromatic N) is 5. The maximum absolute atomic E-state index is 13.1. The second-order valence-electron chi connectivity index (χ2n) is 6.16. The molecule has 2 aromatic carbocycles. The zero-order valence-corrected chi connectivity index (χ0v) is 15.1. The van der Waals surface area contributed by atoms with Crippen LogP contribution >= 0.6 is 0 Å². The minimum Gasteiger partial charge on any atom is -0.383 e. The van der Waals surface area contributed by atoms with Gasteiger partial charge in [0.1, 0.15) is 0 Å². The molecule has 0 unspecified atom stereocenters. The molecule has 0 aliphatic carbocycles. The molecule has 0 atom stereocenters. The van der Waals surface area contributed by atoms with Crippen LogP contribution in [0, 0.1) is 0 Å². The molecule has 28 heavy (non-hydrogen) atoms. The summed E-state index contributed by atoms with van der Waals surface area (Å²) in [5.74, 6) is -0.492. The quantitative estimate of drug-likeness (QED) is 0.496. The lowest BCUT2D eigenvalue weighted by Gasteiger charge is -2.13. The summed E-state index contributed by atoms with van der Waals surface area (Å²) in [6.45, 7) is 0. The third kappa shape index (κ3) is 4.08. The van der Waals surface area contributed by atoms with E-state index in [-0.39, 0.29) is 17.0 Å². The van der Waals surface area contributed by atoms with E-state index < -0.39 is 17.5 Å². The van der Waals surface area contributed by atoms with Crippen LogP contribution in [0.3, 0.4) is 0 Å². The molecule has 3 rings (SSSR count). The Morgan fingerprint density at radius 1 is 1.07 bits per heavy atom. The minimum atomic E-state index is -4.55. The van der Waals surface area contributed by atoms with Crippen molar-refractivity contribution in [3.05, 3.63) is 77.7 Å². The van der Waals surface area contributed by atoms with Crippen LogP contribution in [0.4, 0.5) is 13.2 Å². The highest BCUT2D eigenvalue weighted by Crippen LogP contribution is 2.30. The van der Waals surface area contributed by atoms with Crippen molar-refractivity contribution in [3.63, 3.8) is 0 Å². The minimum absolute atomic E-state index is 0.0678. The summed E-state index contributed by atoms with van der Waals surface area (Å²) in [6.07, 6.45) is -3.07. The van der Waals surface area contributed by atoms with Crippen LogP contribution in [0.5, 0.6) is 0 Å².